The zero-order valence-corrected chi connectivity index (χ0v) is 10.9. The van der Waals surface area contributed by atoms with Gasteiger partial charge >= 0.3 is 0 Å². The molecule has 0 spiro atoms. The van der Waals surface area contributed by atoms with Crippen LogP contribution in [0.25, 0.3) is 0 Å². The van der Waals surface area contributed by atoms with Gasteiger partial charge in [0.15, 0.2) is 0 Å². The number of aliphatic hydroxyl groups excluding tert-OH is 2. The summed E-state index contributed by atoms with van der Waals surface area (Å²) in [6, 6.07) is 0. The fourth-order valence-corrected chi connectivity index (χ4v) is 5.35. The van der Waals surface area contributed by atoms with Crippen LogP contribution in [-0.4, -0.2) is 23.4 Å². The van der Waals surface area contributed by atoms with Crippen LogP contribution in [0, 0.1) is 28.6 Å². The molecule has 2 N–H and O–H groups in total. The van der Waals surface area contributed by atoms with E-state index in [-0.39, 0.29) is 18.6 Å². The first-order valence-electron chi connectivity index (χ1n) is 6.97. The van der Waals surface area contributed by atoms with E-state index in [9.17, 15) is 10.2 Å². The predicted molar refractivity (Wildman–Crippen MR) is 67.4 cm³/mol. The minimum atomic E-state index is -0.207. The van der Waals surface area contributed by atoms with Crippen LogP contribution in [0.15, 0.2) is 11.6 Å². The van der Waals surface area contributed by atoms with E-state index in [4.69, 9.17) is 0 Å². The molecule has 0 radical (unpaired) electrons. The van der Waals surface area contributed by atoms with E-state index in [0.717, 1.165) is 19.3 Å². The Bertz CT molecular complexity index is 356. The minimum Gasteiger partial charge on any atom is -0.396 e. The van der Waals surface area contributed by atoms with Crippen molar-refractivity contribution in [1.82, 2.24) is 0 Å². The quantitative estimate of drug-likeness (QED) is 0.723. The molecule has 4 rings (SSSR count). The first-order valence-corrected chi connectivity index (χ1v) is 6.97. The highest BCUT2D eigenvalue weighted by Crippen LogP contribution is 2.72. The van der Waals surface area contributed by atoms with Crippen molar-refractivity contribution in [2.75, 3.05) is 13.2 Å². The summed E-state index contributed by atoms with van der Waals surface area (Å²) in [5, 5.41) is 19.6. The SMILES string of the molecule is CC1=CC[C@@H]2[C@H]3[C@H]1[C@@]2(C)CCCC3(CO)CO. The van der Waals surface area contributed by atoms with Gasteiger partial charge in [-0.05, 0) is 49.4 Å². The van der Waals surface area contributed by atoms with Gasteiger partial charge in [0.2, 0.25) is 0 Å². The Balaban J connectivity index is 2.04. The maximum atomic E-state index is 9.81. The fraction of sp³-hybridized carbons (Fsp3) is 0.867. The molecule has 2 heteroatoms. The summed E-state index contributed by atoms with van der Waals surface area (Å²) in [7, 11) is 0. The molecule has 4 aliphatic carbocycles. The third-order valence-corrected chi connectivity index (χ3v) is 6.26. The summed E-state index contributed by atoms with van der Waals surface area (Å²) in [6.45, 7) is 4.99. The highest BCUT2D eigenvalue weighted by molar-refractivity contribution is 5.28. The van der Waals surface area contributed by atoms with Gasteiger partial charge < -0.3 is 10.2 Å². The molecular weight excluding hydrogens is 212 g/mol. The van der Waals surface area contributed by atoms with Gasteiger partial charge in [-0.25, -0.2) is 0 Å². The van der Waals surface area contributed by atoms with Crippen molar-refractivity contribution in [3.8, 4) is 0 Å². The lowest BCUT2D eigenvalue weighted by atomic mass is 9.38. The Labute approximate surface area is 104 Å². The molecule has 0 aromatic rings. The van der Waals surface area contributed by atoms with Crippen molar-refractivity contribution in [1.29, 1.82) is 0 Å². The second kappa shape index (κ2) is 3.58. The molecule has 0 aromatic carbocycles. The van der Waals surface area contributed by atoms with Crippen LogP contribution in [0.2, 0.25) is 0 Å². The first-order chi connectivity index (χ1) is 8.09. The predicted octanol–water partition coefficient (Wildman–Crippen LogP) is 2.36. The van der Waals surface area contributed by atoms with Gasteiger partial charge in [-0.1, -0.05) is 25.0 Å². The Morgan fingerprint density at radius 3 is 2.59 bits per heavy atom. The number of hydrogen-bond acceptors (Lipinski definition) is 2. The van der Waals surface area contributed by atoms with E-state index in [1.807, 2.05) is 0 Å². The molecule has 4 atom stereocenters. The van der Waals surface area contributed by atoms with Crippen LogP contribution in [0.1, 0.15) is 39.5 Å². The van der Waals surface area contributed by atoms with E-state index in [1.165, 1.54) is 12.0 Å². The zero-order valence-electron chi connectivity index (χ0n) is 10.9. The lowest BCUT2D eigenvalue weighted by Crippen LogP contribution is -2.62. The lowest BCUT2D eigenvalue weighted by Gasteiger charge is -2.66. The maximum absolute atomic E-state index is 9.81. The number of hydrogen-bond donors (Lipinski definition) is 2. The van der Waals surface area contributed by atoms with Crippen molar-refractivity contribution in [3.63, 3.8) is 0 Å². The molecule has 96 valence electrons. The third kappa shape index (κ3) is 1.23. The minimum absolute atomic E-state index is 0.157. The highest BCUT2D eigenvalue weighted by Gasteiger charge is 2.67. The topological polar surface area (TPSA) is 40.5 Å². The number of fused-ring (bicyclic) bond motifs is 1. The average molecular weight is 236 g/mol. The Hall–Kier alpha value is -0.340. The van der Waals surface area contributed by atoms with Gasteiger partial charge in [-0.15, -0.1) is 0 Å². The lowest BCUT2D eigenvalue weighted by molar-refractivity contribution is -0.170. The summed E-state index contributed by atoms with van der Waals surface area (Å²) in [6.07, 6.45) is 6.98. The van der Waals surface area contributed by atoms with E-state index in [1.54, 1.807) is 0 Å². The molecule has 2 fully saturated rings. The van der Waals surface area contributed by atoms with Crippen LogP contribution < -0.4 is 0 Å². The van der Waals surface area contributed by atoms with Crippen molar-refractivity contribution in [2.45, 2.75) is 39.5 Å². The van der Waals surface area contributed by atoms with E-state index in [2.05, 4.69) is 19.9 Å². The van der Waals surface area contributed by atoms with Gasteiger partial charge in [0.25, 0.3) is 0 Å². The standard InChI is InChI=1S/C15H24O2/c1-10-4-5-11-13-12(10)14(11,2)6-3-7-15(13,8-16)9-17/h4,11-13,16-17H,3,5-9H2,1-2H3/t11-,12+,13+,14+/m1/s1. The number of rotatable bonds is 2. The molecule has 0 amide bonds. The molecule has 0 unspecified atom stereocenters. The van der Waals surface area contributed by atoms with Gasteiger partial charge in [0.05, 0.1) is 13.2 Å². The number of aliphatic hydroxyl groups is 2. The molecule has 17 heavy (non-hydrogen) atoms. The zero-order chi connectivity index (χ0) is 12.3. The molecule has 0 heterocycles. The van der Waals surface area contributed by atoms with Gasteiger partial charge in [-0.2, -0.15) is 0 Å². The molecule has 4 bridgehead atoms. The van der Waals surface area contributed by atoms with Crippen LogP contribution in [-0.2, 0) is 0 Å². The van der Waals surface area contributed by atoms with E-state index in [0.29, 0.717) is 23.2 Å². The molecule has 0 aromatic heterocycles. The summed E-state index contributed by atoms with van der Waals surface area (Å²) in [5.74, 6) is 1.83. The maximum Gasteiger partial charge on any atom is 0.0512 e. The van der Waals surface area contributed by atoms with Crippen LogP contribution in [0.4, 0.5) is 0 Å². The van der Waals surface area contributed by atoms with Gasteiger partial charge in [0.1, 0.15) is 0 Å². The van der Waals surface area contributed by atoms with Crippen LogP contribution in [0.3, 0.4) is 0 Å². The Morgan fingerprint density at radius 1 is 1.29 bits per heavy atom. The third-order valence-electron chi connectivity index (χ3n) is 6.26. The van der Waals surface area contributed by atoms with Crippen molar-refractivity contribution in [3.05, 3.63) is 11.6 Å². The van der Waals surface area contributed by atoms with Crippen molar-refractivity contribution < 1.29 is 10.2 Å². The second-order valence-corrected chi connectivity index (χ2v) is 6.83. The monoisotopic (exact) mass is 236 g/mol. The molecule has 0 saturated heterocycles. The normalized spacial score (nSPS) is 46.8. The largest absolute Gasteiger partial charge is 0.396 e. The number of allylic oxidation sites excluding steroid dienone is 2. The Kier molecular flexibility index (Phi) is 2.47. The molecule has 2 nitrogen and oxygen atoms in total. The molecule has 2 saturated carbocycles. The van der Waals surface area contributed by atoms with Crippen molar-refractivity contribution >= 4 is 0 Å². The summed E-state index contributed by atoms with van der Waals surface area (Å²) < 4.78 is 0. The van der Waals surface area contributed by atoms with Crippen molar-refractivity contribution in [2.24, 2.45) is 28.6 Å². The fourth-order valence-electron chi connectivity index (χ4n) is 5.35. The summed E-state index contributed by atoms with van der Waals surface area (Å²) >= 11 is 0. The van der Waals surface area contributed by atoms with Crippen LogP contribution in [0.5, 0.6) is 0 Å². The van der Waals surface area contributed by atoms with E-state index >= 15 is 0 Å². The van der Waals surface area contributed by atoms with Gasteiger partial charge in [-0.3, -0.25) is 0 Å². The molecule has 4 aliphatic rings. The average Bonchev–Trinajstić information content (AvgIpc) is 2.54. The Morgan fingerprint density at radius 2 is 2.00 bits per heavy atom. The highest BCUT2D eigenvalue weighted by atomic mass is 16.3. The summed E-state index contributed by atoms with van der Waals surface area (Å²) in [4.78, 5) is 0. The molecule has 0 aliphatic heterocycles. The molecular formula is C15H24O2. The first kappa shape index (κ1) is 11.7. The second-order valence-electron chi connectivity index (χ2n) is 6.83. The van der Waals surface area contributed by atoms with Gasteiger partial charge in [0, 0.05) is 5.41 Å². The summed E-state index contributed by atoms with van der Waals surface area (Å²) in [5.41, 5.74) is 1.75. The van der Waals surface area contributed by atoms with E-state index < -0.39 is 0 Å². The smallest absolute Gasteiger partial charge is 0.0512 e. The van der Waals surface area contributed by atoms with Crippen LogP contribution >= 0.6 is 0 Å².